The second-order valence-corrected chi connectivity index (χ2v) is 5.25. The van der Waals surface area contributed by atoms with Crippen LogP contribution in [0.25, 0.3) is 0 Å². The zero-order valence-corrected chi connectivity index (χ0v) is 10.9. The van der Waals surface area contributed by atoms with Gasteiger partial charge in [-0.15, -0.1) is 0 Å². The molecule has 4 nitrogen and oxygen atoms in total. The quantitative estimate of drug-likeness (QED) is 0.813. The standard InChI is InChI=1S/C15H17N3O/c16-10-12-9-15(19)18(11-12)14-5-3-13(4-6-14)17-7-1-2-8-17/h3-6,12H,1-2,7-9,11H2. The zero-order chi connectivity index (χ0) is 13.2. The maximum Gasteiger partial charge on any atom is 0.228 e. The number of nitrogens with zero attached hydrogens (tertiary/aromatic N) is 3. The molecule has 0 saturated carbocycles. The van der Waals surface area contributed by atoms with Crippen molar-refractivity contribution in [2.24, 2.45) is 5.92 Å². The third-order valence-corrected chi connectivity index (χ3v) is 3.94. The van der Waals surface area contributed by atoms with Gasteiger partial charge in [0.1, 0.15) is 0 Å². The van der Waals surface area contributed by atoms with Crippen LogP contribution >= 0.6 is 0 Å². The molecule has 2 aliphatic heterocycles. The van der Waals surface area contributed by atoms with Crippen LogP contribution in [-0.2, 0) is 4.79 Å². The SMILES string of the molecule is N#CC1CC(=O)N(c2ccc(N3CCCC3)cc2)C1. The number of carbonyl (C=O) groups is 1. The second-order valence-electron chi connectivity index (χ2n) is 5.25. The van der Waals surface area contributed by atoms with Gasteiger partial charge in [0.05, 0.1) is 12.0 Å². The fourth-order valence-electron chi connectivity index (χ4n) is 2.86. The molecule has 1 aromatic rings. The van der Waals surface area contributed by atoms with Gasteiger partial charge in [-0.2, -0.15) is 5.26 Å². The van der Waals surface area contributed by atoms with E-state index in [1.807, 2.05) is 12.1 Å². The summed E-state index contributed by atoms with van der Waals surface area (Å²) in [6.07, 6.45) is 2.87. The van der Waals surface area contributed by atoms with Gasteiger partial charge in [-0.1, -0.05) is 0 Å². The molecule has 0 aromatic heterocycles. The van der Waals surface area contributed by atoms with E-state index in [1.54, 1.807) is 4.90 Å². The van der Waals surface area contributed by atoms with E-state index in [4.69, 9.17) is 5.26 Å². The highest BCUT2D eigenvalue weighted by atomic mass is 16.2. The summed E-state index contributed by atoms with van der Waals surface area (Å²) in [5, 5.41) is 8.90. The van der Waals surface area contributed by atoms with E-state index in [9.17, 15) is 4.79 Å². The van der Waals surface area contributed by atoms with Crippen molar-refractivity contribution in [2.75, 3.05) is 29.4 Å². The molecule has 98 valence electrons. The van der Waals surface area contributed by atoms with Crippen LogP contribution in [0.5, 0.6) is 0 Å². The predicted octanol–water partition coefficient (Wildman–Crippen LogP) is 2.16. The lowest BCUT2D eigenvalue weighted by atomic mass is 10.1. The molecular formula is C15H17N3O. The van der Waals surface area contributed by atoms with Crippen LogP contribution in [0.2, 0.25) is 0 Å². The number of benzene rings is 1. The van der Waals surface area contributed by atoms with Crippen LogP contribution < -0.4 is 9.80 Å². The molecule has 0 bridgehead atoms. The van der Waals surface area contributed by atoms with Crippen molar-refractivity contribution in [3.05, 3.63) is 24.3 Å². The largest absolute Gasteiger partial charge is 0.372 e. The molecule has 0 N–H and O–H groups in total. The highest BCUT2D eigenvalue weighted by Gasteiger charge is 2.30. The van der Waals surface area contributed by atoms with E-state index in [1.165, 1.54) is 18.5 Å². The molecular weight excluding hydrogens is 238 g/mol. The summed E-state index contributed by atoms with van der Waals surface area (Å²) in [4.78, 5) is 15.9. The average molecular weight is 255 g/mol. The molecule has 3 rings (SSSR count). The zero-order valence-electron chi connectivity index (χ0n) is 10.9. The number of rotatable bonds is 2. The van der Waals surface area contributed by atoms with Crippen molar-refractivity contribution in [1.82, 2.24) is 0 Å². The number of carbonyl (C=O) groups excluding carboxylic acids is 1. The minimum Gasteiger partial charge on any atom is -0.372 e. The predicted molar refractivity (Wildman–Crippen MR) is 74.0 cm³/mol. The second kappa shape index (κ2) is 4.93. The Morgan fingerprint density at radius 2 is 1.74 bits per heavy atom. The Morgan fingerprint density at radius 1 is 1.11 bits per heavy atom. The Labute approximate surface area is 113 Å². The van der Waals surface area contributed by atoms with Crippen LogP contribution in [0.3, 0.4) is 0 Å². The monoisotopic (exact) mass is 255 g/mol. The maximum absolute atomic E-state index is 11.8. The van der Waals surface area contributed by atoms with Crippen molar-refractivity contribution in [2.45, 2.75) is 19.3 Å². The van der Waals surface area contributed by atoms with Gasteiger partial charge in [0.25, 0.3) is 0 Å². The van der Waals surface area contributed by atoms with E-state index in [-0.39, 0.29) is 11.8 Å². The van der Waals surface area contributed by atoms with Crippen LogP contribution in [-0.4, -0.2) is 25.5 Å². The summed E-state index contributed by atoms with van der Waals surface area (Å²) < 4.78 is 0. The Hall–Kier alpha value is -2.02. The summed E-state index contributed by atoms with van der Waals surface area (Å²) in [7, 11) is 0. The summed E-state index contributed by atoms with van der Waals surface area (Å²) in [5.41, 5.74) is 2.13. The van der Waals surface area contributed by atoms with Gasteiger partial charge in [-0.3, -0.25) is 4.79 Å². The van der Waals surface area contributed by atoms with Gasteiger partial charge in [0.2, 0.25) is 5.91 Å². The van der Waals surface area contributed by atoms with Gasteiger partial charge in [0, 0.05) is 37.4 Å². The van der Waals surface area contributed by atoms with Gasteiger partial charge in [-0.25, -0.2) is 0 Å². The lowest BCUT2D eigenvalue weighted by molar-refractivity contribution is -0.117. The summed E-state index contributed by atoms with van der Waals surface area (Å²) in [6.45, 7) is 2.77. The van der Waals surface area contributed by atoms with Gasteiger partial charge >= 0.3 is 0 Å². The molecule has 2 fully saturated rings. The van der Waals surface area contributed by atoms with E-state index < -0.39 is 0 Å². The number of anilines is 2. The summed E-state index contributed by atoms with van der Waals surface area (Å²) >= 11 is 0. The Kier molecular flexibility index (Phi) is 3.12. The number of amides is 1. The Bertz CT molecular complexity index is 511. The third-order valence-electron chi connectivity index (χ3n) is 3.94. The fraction of sp³-hybridized carbons (Fsp3) is 0.467. The van der Waals surface area contributed by atoms with E-state index in [2.05, 4.69) is 23.1 Å². The van der Waals surface area contributed by atoms with Gasteiger partial charge in [-0.05, 0) is 37.1 Å². The van der Waals surface area contributed by atoms with E-state index >= 15 is 0 Å². The highest BCUT2D eigenvalue weighted by Crippen LogP contribution is 2.28. The van der Waals surface area contributed by atoms with Crippen LogP contribution in [0.15, 0.2) is 24.3 Å². The van der Waals surface area contributed by atoms with Crippen LogP contribution in [0.1, 0.15) is 19.3 Å². The molecule has 0 aliphatic carbocycles. The minimum absolute atomic E-state index is 0.0560. The first-order valence-corrected chi connectivity index (χ1v) is 6.83. The molecule has 2 aliphatic rings. The summed E-state index contributed by atoms with van der Waals surface area (Å²) in [5.74, 6) is -0.105. The molecule has 0 radical (unpaired) electrons. The molecule has 1 amide bonds. The minimum atomic E-state index is -0.161. The lowest BCUT2D eigenvalue weighted by Crippen LogP contribution is -2.24. The van der Waals surface area contributed by atoms with Crippen LogP contribution in [0, 0.1) is 17.2 Å². The molecule has 1 atom stereocenters. The number of hydrogen-bond donors (Lipinski definition) is 0. The molecule has 19 heavy (non-hydrogen) atoms. The van der Waals surface area contributed by atoms with Gasteiger partial charge in [0.15, 0.2) is 0 Å². The molecule has 1 unspecified atom stereocenters. The van der Waals surface area contributed by atoms with Crippen molar-refractivity contribution in [3.8, 4) is 6.07 Å². The first kappa shape index (κ1) is 12.0. The molecule has 1 aromatic carbocycles. The first-order valence-electron chi connectivity index (χ1n) is 6.83. The first-order chi connectivity index (χ1) is 9.28. The van der Waals surface area contributed by atoms with Gasteiger partial charge < -0.3 is 9.80 Å². The van der Waals surface area contributed by atoms with Crippen molar-refractivity contribution in [3.63, 3.8) is 0 Å². The number of nitriles is 1. The smallest absolute Gasteiger partial charge is 0.228 e. The maximum atomic E-state index is 11.8. The number of hydrogen-bond acceptors (Lipinski definition) is 3. The lowest BCUT2D eigenvalue weighted by Gasteiger charge is -2.20. The molecule has 4 heteroatoms. The molecule has 2 heterocycles. The third kappa shape index (κ3) is 2.28. The molecule has 0 spiro atoms. The highest BCUT2D eigenvalue weighted by molar-refractivity contribution is 5.96. The van der Waals surface area contributed by atoms with Crippen molar-refractivity contribution in [1.29, 1.82) is 5.26 Å². The fourth-order valence-corrected chi connectivity index (χ4v) is 2.86. The van der Waals surface area contributed by atoms with Crippen molar-refractivity contribution < 1.29 is 4.79 Å². The average Bonchev–Trinajstić information content (AvgIpc) is 3.08. The Balaban J connectivity index is 1.76. The summed E-state index contributed by atoms with van der Waals surface area (Å²) in [6, 6.07) is 10.3. The van der Waals surface area contributed by atoms with Crippen LogP contribution in [0.4, 0.5) is 11.4 Å². The van der Waals surface area contributed by atoms with E-state index in [0.29, 0.717) is 13.0 Å². The normalized spacial score (nSPS) is 22.9. The topological polar surface area (TPSA) is 47.3 Å². The van der Waals surface area contributed by atoms with Crippen molar-refractivity contribution >= 4 is 17.3 Å². The van der Waals surface area contributed by atoms with E-state index in [0.717, 1.165) is 18.8 Å². The molecule has 2 saturated heterocycles. The Morgan fingerprint density at radius 3 is 2.32 bits per heavy atom.